The Hall–Kier alpha value is -1.42. The number of nitrogens with one attached hydrogen (secondary N) is 1. The van der Waals surface area contributed by atoms with Crippen molar-refractivity contribution < 1.29 is 9.18 Å². The largest absolute Gasteiger partial charge is 0.349 e. The Morgan fingerprint density at radius 2 is 2.18 bits per heavy atom. The van der Waals surface area contributed by atoms with E-state index in [0.29, 0.717) is 18.3 Å². The highest BCUT2D eigenvalue weighted by Crippen LogP contribution is 2.36. The standard InChI is InChI=1S/C18H25FN2O/c1-11-8-9-13-14(5-3-6-15(13)19)18(11)21-17(22)10-12-4-2-7-16(12)20/h3,5-6,11-12,16,18H,2,4,7-10,20H2,1H3,(H,21,22)/t11?,12-,16+,18?/m0/s1. The van der Waals surface area contributed by atoms with Crippen molar-refractivity contribution in [2.75, 3.05) is 0 Å². The Labute approximate surface area is 131 Å². The minimum Gasteiger partial charge on any atom is -0.349 e. The molecule has 4 heteroatoms. The molecule has 0 spiro atoms. The molecule has 3 N–H and O–H groups in total. The molecule has 1 amide bonds. The number of amides is 1. The van der Waals surface area contributed by atoms with Gasteiger partial charge >= 0.3 is 0 Å². The van der Waals surface area contributed by atoms with Crippen LogP contribution in [0, 0.1) is 17.7 Å². The van der Waals surface area contributed by atoms with Crippen LogP contribution in [0.5, 0.6) is 0 Å². The van der Waals surface area contributed by atoms with Gasteiger partial charge in [-0.2, -0.15) is 0 Å². The Balaban J connectivity index is 1.72. The monoisotopic (exact) mass is 304 g/mol. The third-order valence-electron chi connectivity index (χ3n) is 5.39. The fourth-order valence-corrected chi connectivity index (χ4v) is 3.99. The van der Waals surface area contributed by atoms with E-state index in [4.69, 9.17) is 5.73 Å². The summed E-state index contributed by atoms with van der Waals surface area (Å²) in [4.78, 5) is 12.4. The number of halogens is 1. The fraction of sp³-hybridized carbons (Fsp3) is 0.611. The SMILES string of the molecule is CC1CCc2c(F)cccc2C1NC(=O)C[C@@H]1CCC[C@H]1N. The van der Waals surface area contributed by atoms with Crippen LogP contribution >= 0.6 is 0 Å². The van der Waals surface area contributed by atoms with Gasteiger partial charge in [-0.15, -0.1) is 0 Å². The summed E-state index contributed by atoms with van der Waals surface area (Å²) >= 11 is 0. The molecule has 120 valence electrons. The van der Waals surface area contributed by atoms with Crippen LogP contribution in [-0.2, 0) is 11.2 Å². The summed E-state index contributed by atoms with van der Waals surface area (Å²) in [6.45, 7) is 2.13. The third-order valence-corrected chi connectivity index (χ3v) is 5.39. The van der Waals surface area contributed by atoms with Gasteiger partial charge in [0.05, 0.1) is 6.04 Å². The van der Waals surface area contributed by atoms with Gasteiger partial charge in [0.2, 0.25) is 5.91 Å². The molecular formula is C18H25FN2O. The molecule has 22 heavy (non-hydrogen) atoms. The average Bonchev–Trinajstić information content (AvgIpc) is 2.88. The van der Waals surface area contributed by atoms with Crippen LogP contribution in [0.25, 0.3) is 0 Å². The highest BCUT2D eigenvalue weighted by atomic mass is 19.1. The summed E-state index contributed by atoms with van der Waals surface area (Å²) in [5.74, 6) is 0.527. The van der Waals surface area contributed by atoms with E-state index in [-0.39, 0.29) is 23.8 Å². The molecule has 3 nitrogen and oxygen atoms in total. The topological polar surface area (TPSA) is 55.1 Å². The number of carbonyl (C=O) groups excluding carboxylic acids is 1. The molecule has 4 atom stereocenters. The lowest BCUT2D eigenvalue weighted by Gasteiger charge is -2.32. The van der Waals surface area contributed by atoms with Crippen LogP contribution < -0.4 is 11.1 Å². The van der Waals surface area contributed by atoms with Gasteiger partial charge in [0.25, 0.3) is 0 Å². The third kappa shape index (κ3) is 3.02. The molecule has 0 radical (unpaired) electrons. The molecule has 1 aromatic rings. The summed E-state index contributed by atoms with van der Waals surface area (Å²) in [6.07, 6.45) is 5.33. The van der Waals surface area contributed by atoms with Gasteiger partial charge in [-0.05, 0) is 54.7 Å². The van der Waals surface area contributed by atoms with Gasteiger partial charge in [-0.1, -0.05) is 25.5 Å². The normalized spacial score (nSPS) is 30.9. The van der Waals surface area contributed by atoms with E-state index in [2.05, 4.69) is 12.2 Å². The molecular weight excluding hydrogens is 279 g/mol. The molecule has 2 aliphatic carbocycles. The highest BCUT2D eigenvalue weighted by Gasteiger charge is 2.31. The lowest BCUT2D eigenvalue weighted by molar-refractivity contribution is -0.123. The van der Waals surface area contributed by atoms with E-state index in [1.54, 1.807) is 6.07 Å². The second-order valence-corrected chi connectivity index (χ2v) is 6.93. The first-order valence-corrected chi connectivity index (χ1v) is 8.38. The average molecular weight is 304 g/mol. The minimum atomic E-state index is -0.151. The number of nitrogens with two attached hydrogens (primary N) is 1. The maximum atomic E-state index is 14.0. The van der Waals surface area contributed by atoms with Crippen molar-refractivity contribution in [1.82, 2.24) is 5.32 Å². The summed E-state index contributed by atoms with van der Waals surface area (Å²) < 4.78 is 14.0. The van der Waals surface area contributed by atoms with E-state index in [1.807, 2.05) is 6.07 Å². The number of fused-ring (bicyclic) bond motifs is 1. The number of benzene rings is 1. The van der Waals surface area contributed by atoms with E-state index >= 15 is 0 Å². The van der Waals surface area contributed by atoms with Crippen molar-refractivity contribution in [1.29, 1.82) is 0 Å². The molecule has 2 unspecified atom stereocenters. The molecule has 2 aliphatic rings. The molecule has 0 heterocycles. The van der Waals surface area contributed by atoms with Crippen LogP contribution in [0.4, 0.5) is 4.39 Å². The zero-order valence-electron chi connectivity index (χ0n) is 13.1. The second kappa shape index (κ2) is 6.37. The number of hydrogen-bond acceptors (Lipinski definition) is 2. The van der Waals surface area contributed by atoms with Crippen LogP contribution in [0.15, 0.2) is 18.2 Å². The summed E-state index contributed by atoms with van der Waals surface area (Å²) in [5.41, 5.74) is 7.77. The molecule has 0 saturated heterocycles. The van der Waals surface area contributed by atoms with Crippen molar-refractivity contribution in [3.05, 3.63) is 35.1 Å². The van der Waals surface area contributed by atoms with Crippen LogP contribution in [0.1, 0.15) is 56.2 Å². The van der Waals surface area contributed by atoms with Gasteiger partial charge in [0, 0.05) is 12.5 Å². The Bertz CT molecular complexity index is 560. The number of rotatable bonds is 3. The van der Waals surface area contributed by atoms with Crippen molar-refractivity contribution in [2.45, 2.75) is 57.5 Å². The van der Waals surface area contributed by atoms with Crippen LogP contribution in [0.2, 0.25) is 0 Å². The molecule has 1 fully saturated rings. The Morgan fingerprint density at radius 3 is 2.91 bits per heavy atom. The van der Waals surface area contributed by atoms with Crippen molar-refractivity contribution >= 4 is 5.91 Å². The van der Waals surface area contributed by atoms with Crippen molar-refractivity contribution in [3.63, 3.8) is 0 Å². The predicted octanol–water partition coefficient (Wildman–Crippen LogP) is 3.08. The maximum Gasteiger partial charge on any atom is 0.220 e. The fourth-order valence-electron chi connectivity index (χ4n) is 3.99. The first-order valence-electron chi connectivity index (χ1n) is 8.38. The molecule has 1 saturated carbocycles. The van der Waals surface area contributed by atoms with Gasteiger partial charge in [-0.3, -0.25) is 4.79 Å². The molecule has 0 aromatic heterocycles. The summed E-state index contributed by atoms with van der Waals surface area (Å²) in [6, 6.07) is 5.26. The van der Waals surface area contributed by atoms with E-state index in [0.717, 1.165) is 43.2 Å². The molecule has 0 aliphatic heterocycles. The number of hydrogen-bond donors (Lipinski definition) is 2. The van der Waals surface area contributed by atoms with E-state index in [1.165, 1.54) is 6.07 Å². The van der Waals surface area contributed by atoms with E-state index in [9.17, 15) is 9.18 Å². The number of carbonyl (C=O) groups is 1. The van der Waals surface area contributed by atoms with Gasteiger partial charge in [-0.25, -0.2) is 4.39 Å². The van der Waals surface area contributed by atoms with Gasteiger partial charge in [0.15, 0.2) is 0 Å². The summed E-state index contributed by atoms with van der Waals surface area (Å²) in [7, 11) is 0. The lowest BCUT2D eigenvalue weighted by Crippen LogP contribution is -2.38. The smallest absolute Gasteiger partial charge is 0.220 e. The molecule has 1 aromatic carbocycles. The van der Waals surface area contributed by atoms with E-state index < -0.39 is 0 Å². The first-order chi connectivity index (χ1) is 10.6. The molecule has 3 rings (SSSR count). The second-order valence-electron chi connectivity index (χ2n) is 6.93. The van der Waals surface area contributed by atoms with Gasteiger partial charge < -0.3 is 11.1 Å². The molecule has 0 bridgehead atoms. The van der Waals surface area contributed by atoms with Crippen molar-refractivity contribution in [2.24, 2.45) is 17.6 Å². The first kappa shape index (κ1) is 15.5. The minimum absolute atomic E-state index is 0.0521. The van der Waals surface area contributed by atoms with Crippen LogP contribution in [-0.4, -0.2) is 11.9 Å². The van der Waals surface area contributed by atoms with Crippen molar-refractivity contribution in [3.8, 4) is 0 Å². The summed E-state index contributed by atoms with van der Waals surface area (Å²) in [5, 5.41) is 3.14. The predicted molar refractivity (Wildman–Crippen MR) is 84.7 cm³/mol. The lowest BCUT2D eigenvalue weighted by atomic mass is 9.80. The zero-order chi connectivity index (χ0) is 15.7. The van der Waals surface area contributed by atoms with Crippen LogP contribution in [0.3, 0.4) is 0 Å². The van der Waals surface area contributed by atoms with Gasteiger partial charge in [0.1, 0.15) is 5.82 Å². The highest BCUT2D eigenvalue weighted by molar-refractivity contribution is 5.77. The zero-order valence-corrected chi connectivity index (χ0v) is 13.1. The Kier molecular flexibility index (Phi) is 4.48. The maximum absolute atomic E-state index is 14.0. The Morgan fingerprint density at radius 1 is 1.36 bits per heavy atom. The quantitative estimate of drug-likeness (QED) is 0.901.